The molecule has 0 radical (unpaired) electrons. The molecule has 3 heterocycles. The zero-order valence-electron chi connectivity index (χ0n) is 16.8. The number of rotatable bonds is 4. The van der Waals surface area contributed by atoms with Crippen molar-refractivity contribution in [3.05, 3.63) is 35.5 Å². The number of amides is 1. The number of nitrogens with one attached hydrogen (secondary N) is 1. The summed E-state index contributed by atoms with van der Waals surface area (Å²) in [4.78, 5) is 23.0. The second-order valence-electron chi connectivity index (χ2n) is 8.31. The molecule has 1 atom stereocenters. The largest absolute Gasteiger partial charge is 0.361 e. The van der Waals surface area contributed by atoms with Gasteiger partial charge in [-0.2, -0.15) is 5.26 Å². The molecule has 0 unspecified atom stereocenters. The van der Waals surface area contributed by atoms with Gasteiger partial charge in [0.2, 0.25) is 0 Å². The van der Waals surface area contributed by atoms with E-state index in [2.05, 4.69) is 47.0 Å². The molecule has 6 heteroatoms. The van der Waals surface area contributed by atoms with E-state index >= 15 is 0 Å². The van der Waals surface area contributed by atoms with Gasteiger partial charge in [-0.05, 0) is 56.5 Å². The summed E-state index contributed by atoms with van der Waals surface area (Å²) in [6.45, 7) is 10.3. The monoisotopic (exact) mass is 379 g/mol. The fourth-order valence-corrected chi connectivity index (χ4v) is 4.57. The van der Waals surface area contributed by atoms with E-state index < -0.39 is 0 Å². The Balaban J connectivity index is 1.52. The van der Waals surface area contributed by atoms with Crippen LogP contribution in [-0.2, 0) is 0 Å². The number of piperazine rings is 1. The van der Waals surface area contributed by atoms with E-state index in [1.807, 2.05) is 17.0 Å². The molecule has 1 aromatic heterocycles. The number of hydrogen-bond donors (Lipinski definition) is 1. The molecule has 0 spiro atoms. The molecular formula is C22H29N5O. The van der Waals surface area contributed by atoms with Gasteiger partial charge >= 0.3 is 0 Å². The van der Waals surface area contributed by atoms with E-state index in [1.165, 1.54) is 5.56 Å². The summed E-state index contributed by atoms with van der Waals surface area (Å²) in [6, 6.07) is 8.81. The SMILES string of the molecule is CC(C)N1CCN(C(=O)c2ccc3[nH]cc([C@@H]4CCN(CC#N)C4)c3c2)CC1. The van der Waals surface area contributed by atoms with Crippen molar-refractivity contribution in [2.75, 3.05) is 45.8 Å². The quantitative estimate of drug-likeness (QED) is 0.830. The van der Waals surface area contributed by atoms with Crippen LogP contribution in [-0.4, -0.2) is 77.4 Å². The maximum Gasteiger partial charge on any atom is 0.253 e. The molecule has 1 N–H and O–H groups in total. The summed E-state index contributed by atoms with van der Waals surface area (Å²) in [7, 11) is 0. The number of likely N-dealkylation sites (tertiary alicyclic amines) is 1. The number of benzene rings is 1. The maximum atomic E-state index is 13.1. The predicted molar refractivity (Wildman–Crippen MR) is 110 cm³/mol. The molecule has 2 aliphatic rings. The first-order valence-corrected chi connectivity index (χ1v) is 10.3. The summed E-state index contributed by atoms with van der Waals surface area (Å²) < 4.78 is 0. The van der Waals surface area contributed by atoms with Crippen molar-refractivity contribution < 1.29 is 4.79 Å². The van der Waals surface area contributed by atoms with E-state index in [4.69, 9.17) is 5.26 Å². The summed E-state index contributed by atoms with van der Waals surface area (Å²) in [5, 5.41) is 10.1. The first kappa shape index (κ1) is 19.0. The molecule has 148 valence electrons. The molecular weight excluding hydrogens is 350 g/mol. The van der Waals surface area contributed by atoms with Crippen molar-refractivity contribution in [1.82, 2.24) is 19.7 Å². The van der Waals surface area contributed by atoms with Gasteiger partial charge < -0.3 is 9.88 Å². The average molecular weight is 380 g/mol. The van der Waals surface area contributed by atoms with Crippen LogP contribution in [0.1, 0.15) is 42.1 Å². The zero-order valence-corrected chi connectivity index (χ0v) is 16.8. The van der Waals surface area contributed by atoms with Crippen LogP contribution in [0.4, 0.5) is 0 Å². The minimum atomic E-state index is 0.134. The summed E-state index contributed by atoms with van der Waals surface area (Å²) in [6.07, 6.45) is 3.14. The first-order chi connectivity index (χ1) is 13.6. The molecule has 28 heavy (non-hydrogen) atoms. The van der Waals surface area contributed by atoms with Crippen molar-refractivity contribution >= 4 is 16.8 Å². The third-order valence-corrected chi connectivity index (χ3v) is 6.30. The second kappa shape index (κ2) is 7.94. The molecule has 2 saturated heterocycles. The van der Waals surface area contributed by atoms with Crippen molar-refractivity contribution in [1.29, 1.82) is 5.26 Å². The fourth-order valence-electron chi connectivity index (χ4n) is 4.57. The Bertz CT molecular complexity index is 888. The molecule has 4 rings (SSSR count). The lowest BCUT2D eigenvalue weighted by Crippen LogP contribution is -2.50. The second-order valence-corrected chi connectivity index (χ2v) is 8.31. The normalized spacial score (nSPS) is 21.5. The van der Waals surface area contributed by atoms with Gasteiger partial charge in [-0.25, -0.2) is 0 Å². The van der Waals surface area contributed by atoms with E-state index in [0.717, 1.165) is 62.2 Å². The fraction of sp³-hybridized carbons (Fsp3) is 0.545. The lowest BCUT2D eigenvalue weighted by atomic mass is 9.97. The minimum Gasteiger partial charge on any atom is -0.361 e. The number of aromatic amines is 1. The maximum absolute atomic E-state index is 13.1. The number of fused-ring (bicyclic) bond motifs is 1. The summed E-state index contributed by atoms with van der Waals surface area (Å²) in [5.41, 5.74) is 3.13. The highest BCUT2D eigenvalue weighted by Gasteiger charge is 2.27. The molecule has 1 aromatic carbocycles. The number of carbonyl (C=O) groups excluding carboxylic acids is 1. The van der Waals surface area contributed by atoms with Crippen molar-refractivity contribution in [3.8, 4) is 6.07 Å². The Morgan fingerprint density at radius 3 is 2.75 bits per heavy atom. The lowest BCUT2D eigenvalue weighted by molar-refractivity contribution is 0.0595. The Labute approximate surface area is 166 Å². The molecule has 1 amide bonds. The predicted octanol–water partition coefficient (Wildman–Crippen LogP) is 2.65. The van der Waals surface area contributed by atoms with Crippen molar-refractivity contribution in [2.45, 2.75) is 32.2 Å². The van der Waals surface area contributed by atoms with Gasteiger partial charge in [-0.1, -0.05) is 0 Å². The molecule has 0 aliphatic carbocycles. The smallest absolute Gasteiger partial charge is 0.253 e. The summed E-state index contributed by atoms with van der Waals surface area (Å²) >= 11 is 0. The lowest BCUT2D eigenvalue weighted by Gasteiger charge is -2.37. The highest BCUT2D eigenvalue weighted by atomic mass is 16.2. The third kappa shape index (κ3) is 3.65. The van der Waals surface area contributed by atoms with Crippen molar-refractivity contribution in [2.24, 2.45) is 0 Å². The Kier molecular flexibility index (Phi) is 5.38. The van der Waals surface area contributed by atoms with Crippen molar-refractivity contribution in [3.63, 3.8) is 0 Å². The molecule has 2 aromatic rings. The zero-order chi connectivity index (χ0) is 19.7. The van der Waals surface area contributed by atoms with Crippen LogP contribution in [0, 0.1) is 11.3 Å². The van der Waals surface area contributed by atoms with E-state index in [9.17, 15) is 4.79 Å². The van der Waals surface area contributed by atoms with E-state index in [0.29, 0.717) is 18.5 Å². The molecule has 2 fully saturated rings. The Hall–Kier alpha value is -2.36. The van der Waals surface area contributed by atoms with Crippen LogP contribution in [0.2, 0.25) is 0 Å². The van der Waals surface area contributed by atoms with E-state index in [-0.39, 0.29) is 5.91 Å². The molecule has 0 saturated carbocycles. The van der Waals surface area contributed by atoms with Gasteiger partial charge in [0.25, 0.3) is 5.91 Å². The number of hydrogen-bond acceptors (Lipinski definition) is 4. The highest BCUT2D eigenvalue weighted by molar-refractivity contribution is 5.99. The van der Waals surface area contributed by atoms with Crippen LogP contribution in [0.5, 0.6) is 0 Å². The number of nitrogens with zero attached hydrogens (tertiary/aromatic N) is 4. The van der Waals surface area contributed by atoms with Gasteiger partial charge in [-0.15, -0.1) is 0 Å². The van der Waals surface area contributed by atoms with Gasteiger partial charge in [0.1, 0.15) is 0 Å². The van der Waals surface area contributed by atoms with Crippen LogP contribution in [0.3, 0.4) is 0 Å². The van der Waals surface area contributed by atoms with Crippen LogP contribution in [0.15, 0.2) is 24.4 Å². The first-order valence-electron chi connectivity index (χ1n) is 10.3. The molecule has 6 nitrogen and oxygen atoms in total. The Morgan fingerprint density at radius 1 is 1.25 bits per heavy atom. The highest BCUT2D eigenvalue weighted by Crippen LogP contribution is 2.33. The number of H-pyrrole nitrogens is 1. The van der Waals surface area contributed by atoms with Gasteiger partial charge in [-0.3, -0.25) is 14.6 Å². The minimum absolute atomic E-state index is 0.134. The standard InChI is InChI=1S/C22H29N5O/c1-16(2)26-9-11-27(12-10-26)22(28)17-3-4-21-19(13-17)20(14-24-21)18-5-7-25(15-18)8-6-23/h3-4,13-14,16,18,24H,5,7-12,15H2,1-2H3/t18-/m1/s1. The van der Waals surface area contributed by atoms with Gasteiger partial charge in [0.15, 0.2) is 0 Å². The molecule has 0 bridgehead atoms. The van der Waals surface area contributed by atoms with Gasteiger partial charge in [0.05, 0.1) is 12.6 Å². The third-order valence-electron chi connectivity index (χ3n) is 6.30. The van der Waals surface area contributed by atoms with Crippen LogP contribution < -0.4 is 0 Å². The summed E-state index contributed by atoms with van der Waals surface area (Å²) in [5.74, 6) is 0.553. The van der Waals surface area contributed by atoms with Crippen LogP contribution >= 0.6 is 0 Å². The van der Waals surface area contributed by atoms with Crippen LogP contribution in [0.25, 0.3) is 10.9 Å². The molecule has 2 aliphatic heterocycles. The number of nitriles is 1. The number of aromatic nitrogens is 1. The number of carbonyl (C=O) groups is 1. The Morgan fingerprint density at radius 2 is 2.04 bits per heavy atom. The van der Waals surface area contributed by atoms with E-state index in [1.54, 1.807) is 0 Å². The average Bonchev–Trinajstić information content (AvgIpc) is 3.34. The topological polar surface area (TPSA) is 66.4 Å². The van der Waals surface area contributed by atoms with Gasteiger partial charge in [0, 0.05) is 61.4 Å².